The normalized spacial score (nSPS) is 15.0. The topological polar surface area (TPSA) is 43.4 Å². The second kappa shape index (κ2) is 7.06. The Bertz CT molecular complexity index is 180. The molecule has 0 amide bonds. The fraction of sp³-hybridized carbons (Fsp3) is 0.889. The summed E-state index contributed by atoms with van der Waals surface area (Å²) in [6, 6.07) is 0. The molecule has 0 aliphatic carbocycles. The third kappa shape index (κ3) is 5.03. The van der Waals surface area contributed by atoms with Gasteiger partial charge < -0.3 is 4.74 Å². The standard InChI is InChI=1S/C9H18O3S/c1-4-5-6-7-13(11)8(2)9(10)12-3/h8H,4-7H2,1-3H3. The zero-order valence-corrected chi connectivity index (χ0v) is 9.36. The second-order valence-corrected chi connectivity index (χ2v) is 4.83. The van der Waals surface area contributed by atoms with Crippen LogP contribution in [0.3, 0.4) is 0 Å². The molecule has 0 rings (SSSR count). The molecular weight excluding hydrogens is 188 g/mol. The van der Waals surface area contributed by atoms with E-state index in [4.69, 9.17) is 0 Å². The molecule has 0 fully saturated rings. The van der Waals surface area contributed by atoms with Gasteiger partial charge in [0, 0.05) is 16.6 Å². The van der Waals surface area contributed by atoms with Crippen LogP contribution in [0.25, 0.3) is 0 Å². The van der Waals surface area contributed by atoms with Crippen molar-refractivity contribution in [1.82, 2.24) is 0 Å². The number of esters is 1. The number of ether oxygens (including phenoxy) is 1. The van der Waals surface area contributed by atoms with Crippen LogP contribution in [0.5, 0.6) is 0 Å². The number of hydrogen-bond acceptors (Lipinski definition) is 3. The maximum Gasteiger partial charge on any atom is 0.321 e. The van der Waals surface area contributed by atoms with E-state index < -0.39 is 16.0 Å². The summed E-state index contributed by atoms with van der Waals surface area (Å²) in [6.45, 7) is 3.74. The van der Waals surface area contributed by atoms with Gasteiger partial charge in [0.2, 0.25) is 0 Å². The molecule has 2 unspecified atom stereocenters. The van der Waals surface area contributed by atoms with Crippen molar-refractivity contribution in [2.24, 2.45) is 0 Å². The van der Waals surface area contributed by atoms with Crippen molar-refractivity contribution in [2.75, 3.05) is 12.9 Å². The lowest BCUT2D eigenvalue weighted by Gasteiger charge is -2.08. The van der Waals surface area contributed by atoms with E-state index in [0.29, 0.717) is 5.75 Å². The molecule has 0 spiro atoms. The number of carbonyl (C=O) groups excluding carboxylic acids is 1. The van der Waals surface area contributed by atoms with Crippen LogP contribution < -0.4 is 0 Å². The highest BCUT2D eigenvalue weighted by atomic mass is 32.2. The first-order chi connectivity index (χ1) is 6.13. The Morgan fingerprint density at radius 1 is 1.46 bits per heavy atom. The van der Waals surface area contributed by atoms with Gasteiger partial charge in [-0.1, -0.05) is 19.8 Å². The minimum Gasteiger partial charge on any atom is -0.468 e. The van der Waals surface area contributed by atoms with Gasteiger partial charge in [-0.25, -0.2) is 0 Å². The number of rotatable bonds is 6. The highest BCUT2D eigenvalue weighted by Crippen LogP contribution is 2.03. The van der Waals surface area contributed by atoms with Gasteiger partial charge in [0.25, 0.3) is 0 Å². The highest BCUT2D eigenvalue weighted by Gasteiger charge is 2.19. The van der Waals surface area contributed by atoms with E-state index in [2.05, 4.69) is 11.7 Å². The van der Waals surface area contributed by atoms with Crippen LogP contribution in [-0.4, -0.2) is 28.3 Å². The van der Waals surface area contributed by atoms with E-state index in [1.54, 1.807) is 6.92 Å². The zero-order chi connectivity index (χ0) is 10.3. The molecule has 0 aromatic carbocycles. The number of hydrogen-bond donors (Lipinski definition) is 0. The minimum atomic E-state index is -1.07. The van der Waals surface area contributed by atoms with E-state index >= 15 is 0 Å². The first-order valence-electron chi connectivity index (χ1n) is 4.58. The first-order valence-corrected chi connectivity index (χ1v) is 5.96. The van der Waals surface area contributed by atoms with Crippen molar-refractivity contribution >= 4 is 16.8 Å². The lowest BCUT2D eigenvalue weighted by Crippen LogP contribution is -2.25. The fourth-order valence-corrected chi connectivity index (χ4v) is 2.10. The molecule has 4 heteroatoms. The number of unbranched alkanes of at least 4 members (excludes halogenated alkanes) is 2. The maximum absolute atomic E-state index is 11.4. The van der Waals surface area contributed by atoms with Crippen LogP contribution in [0.2, 0.25) is 0 Å². The average Bonchev–Trinajstić information content (AvgIpc) is 2.15. The molecule has 0 radical (unpaired) electrons. The molecule has 0 aromatic heterocycles. The summed E-state index contributed by atoms with van der Waals surface area (Å²) in [6.07, 6.45) is 3.09. The molecule has 0 N–H and O–H groups in total. The lowest BCUT2D eigenvalue weighted by atomic mass is 10.3. The van der Waals surface area contributed by atoms with E-state index in [0.717, 1.165) is 19.3 Å². The Morgan fingerprint density at radius 2 is 2.08 bits per heavy atom. The Hall–Kier alpha value is -0.380. The van der Waals surface area contributed by atoms with Crippen LogP contribution in [0.1, 0.15) is 33.1 Å². The molecule has 78 valence electrons. The number of methoxy groups -OCH3 is 1. The van der Waals surface area contributed by atoms with E-state index in [-0.39, 0.29) is 5.97 Å². The molecule has 0 saturated carbocycles. The van der Waals surface area contributed by atoms with E-state index in [1.807, 2.05) is 0 Å². The van der Waals surface area contributed by atoms with Gasteiger partial charge in [0.05, 0.1) is 7.11 Å². The largest absolute Gasteiger partial charge is 0.468 e. The summed E-state index contributed by atoms with van der Waals surface area (Å²) in [5, 5.41) is -0.484. The SMILES string of the molecule is CCCCCS(=O)C(C)C(=O)OC. The van der Waals surface area contributed by atoms with Gasteiger partial charge in [-0.05, 0) is 13.3 Å². The van der Waals surface area contributed by atoms with Crippen molar-refractivity contribution in [2.45, 2.75) is 38.4 Å². The van der Waals surface area contributed by atoms with Crippen molar-refractivity contribution in [3.05, 3.63) is 0 Å². The second-order valence-electron chi connectivity index (χ2n) is 2.96. The van der Waals surface area contributed by atoms with Crippen molar-refractivity contribution in [1.29, 1.82) is 0 Å². The lowest BCUT2D eigenvalue weighted by molar-refractivity contribution is -0.139. The van der Waals surface area contributed by atoms with Gasteiger partial charge in [0.15, 0.2) is 0 Å². The fourth-order valence-electron chi connectivity index (χ4n) is 0.944. The summed E-state index contributed by atoms with van der Waals surface area (Å²) in [5.74, 6) is 0.222. The van der Waals surface area contributed by atoms with E-state index in [1.165, 1.54) is 7.11 Å². The van der Waals surface area contributed by atoms with Crippen LogP contribution >= 0.6 is 0 Å². The molecule has 0 aromatic rings. The third-order valence-electron chi connectivity index (χ3n) is 1.88. The maximum atomic E-state index is 11.4. The molecule has 0 aliphatic heterocycles. The summed E-state index contributed by atoms with van der Waals surface area (Å²) in [4.78, 5) is 11.0. The predicted octanol–water partition coefficient (Wildman–Crippen LogP) is 1.49. The monoisotopic (exact) mass is 206 g/mol. The molecule has 2 atom stereocenters. The van der Waals surface area contributed by atoms with Crippen molar-refractivity contribution in [3.8, 4) is 0 Å². The first kappa shape index (κ1) is 12.6. The van der Waals surface area contributed by atoms with Crippen molar-refractivity contribution in [3.63, 3.8) is 0 Å². The Morgan fingerprint density at radius 3 is 2.54 bits per heavy atom. The summed E-state index contributed by atoms with van der Waals surface area (Å²) in [7, 11) is 0.251. The van der Waals surface area contributed by atoms with E-state index in [9.17, 15) is 9.00 Å². The molecule has 0 aliphatic rings. The molecule has 13 heavy (non-hydrogen) atoms. The average molecular weight is 206 g/mol. The van der Waals surface area contributed by atoms with Gasteiger partial charge in [-0.15, -0.1) is 0 Å². The Labute approximate surface area is 82.3 Å². The van der Waals surface area contributed by atoms with Gasteiger partial charge in [-0.2, -0.15) is 0 Å². The van der Waals surface area contributed by atoms with Crippen LogP contribution in [0.4, 0.5) is 0 Å². The smallest absolute Gasteiger partial charge is 0.321 e. The Kier molecular flexibility index (Phi) is 6.86. The molecular formula is C9H18O3S. The van der Waals surface area contributed by atoms with Crippen LogP contribution in [-0.2, 0) is 20.3 Å². The predicted molar refractivity (Wildman–Crippen MR) is 54.0 cm³/mol. The minimum absolute atomic E-state index is 0.380. The summed E-state index contributed by atoms with van der Waals surface area (Å²) >= 11 is 0. The van der Waals surface area contributed by atoms with Gasteiger partial charge >= 0.3 is 5.97 Å². The molecule has 0 heterocycles. The third-order valence-corrected chi connectivity index (χ3v) is 3.55. The quantitative estimate of drug-likeness (QED) is 0.488. The van der Waals surface area contributed by atoms with Crippen molar-refractivity contribution < 1.29 is 13.7 Å². The summed E-state index contributed by atoms with van der Waals surface area (Å²) < 4.78 is 15.9. The number of carbonyl (C=O) groups is 1. The zero-order valence-electron chi connectivity index (χ0n) is 8.54. The van der Waals surface area contributed by atoms with Crippen LogP contribution in [0, 0.1) is 0 Å². The molecule has 0 bridgehead atoms. The van der Waals surface area contributed by atoms with Crippen LogP contribution in [0.15, 0.2) is 0 Å². The Balaban J connectivity index is 3.76. The summed E-state index contributed by atoms with van der Waals surface area (Å²) in [5.41, 5.74) is 0. The van der Waals surface area contributed by atoms with Gasteiger partial charge in [0.1, 0.15) is 5.25 Å². The molecule has 3 nitrogen and oxygen atoms in total. The van der Waals surface area contributed by atoms with Gasteiger partial charge in [-0.3, -0.25) is 9.00 Å². The highest BCUT2D eigenvalue weighted by molar-refractivity contribution is 7.86. The molecule has 0 saturated heterocycles.